The van der Waals surface area contributed by atoms with Gasteiger partial charge in [-0.05, 0) is 43.2 Å². The van der Waals surface area contributed by atoms with Crippen molar-refractivity contribution in [2.75, 3.05) is 6.54 Å². The van der Waals surface area contributed by atoms with Crippen molar-refractivity contribution in [2.24, 2.45) is 0 Å². The molecule has 2 aromatic carbocycles. The topological polar surface area (TPSA) is 51.2 Å². The van der Waals surface area contributed by atoms with Gasteiger partial charge in [-0.2, -0.15) is 0 Å². The Hall–Kier alpha value is -2.59. The van der Waals surface area contributed by atoms with Crippen molar-refractivity contribution in [1.29, 1.82) is 0 Å². The molecule has 0 radical (unpaired) electrons. The molecule has 25 heavy (non-hydrogen) atoms. The summed E-state index contributed by atoms with van der Waals surface area (Å²) in [4.78, 5) is 16.6. The molecule has 4 nitrogen and oxygen atoms in total. The minimum absolute atomic E-state index is 0.159. The maximum absolute atomic E-state index is 12.2. The molecule has 0 aliphatic rings. The number of halogens is 1. The lowest BCUT2D eigenvalue weighted by atomic mass is 10.1. The molecular formula is C20H19ClN2O2. The molecule has 0 saturated heterocycles. The van der Waals surface area contributed by atoms with Gasteiger partial charge in [0, 0.05) is 23.2 Å². The number of carbonyl (C=O) groups excluding carboxylic acids is 1. The van der Waals surface area contributed by atoms with Crippen molar-refractivity contribution in [1.82, 2.24) is 10.3 Å². The Morgan fingerprint density at radius 3 is 2.84 bits per heavy atom. The predicted octanol–water partition coefficient (Wildman–Crippen LogP) is 4.01. The molecule has 128 valence electrons. The highest BCUT2D eigenvalue weighted by Crippen LogP contribution is 2.18. The zero-order valence-electron chi connectivity index (χ0n) is 13.9. The molecule has 5 heteroatoms. The van der Waals surface area contributed by atoms with Gasteiger partial charge in [0.2, 0.25) is 0 Å². The summed E-state index contributed by atoms with van der Waals surface area (Å²) in [6.45, 7) is 2.24. The average Bonchev–Trinajstić information content (AvgIpc) is 2.62. The summed E-state index contributed by atoms with van der Waals surface area (Å²) >= 11 is 5.92. The normalized spacial score (nSPS) is 11.9. The van der Waals surface area contributed by atoms with E-state index >= 15 is 0 Å². The summed E-state index contributed by atoms with van der Waals surface area (Å²) < 4.78 is 5.62. The lowest BCUT2D eigenvalue weighted by molar-refractivity contribution is -0.127. The first-order chi connectivity index (χ1) is 12.1. The second-order valence-electron chi connectivity index (χ2n) is 5.75. The second-order valence-corrected chi connectivity index (χ2v) is 6.19. The maximum atomic E-state index is 12.2. The third-order valence-electron chi connectivity index (χ3n) is 3.89. The van der Waals surface area contributed by atoms with Gasteiger partial charge in [-0.15, -0.1) is 0 Å². The number of benzene rings is 2. The summed E-state index contributed by atoms with van der Waals surface area (Å²) in [5, 5.41) is 4.58. The molecule has 0 bridgehead atoms. The van der Waals surface area contributed by atoms with Crippen LogP contribution in [0.1, 0.15) is 12.5 Å². The number of hydrogen-bond donors (Lipinski definition) is 1. The molecule has 1 atom stereocenters. The Labute approximate surface area is 151 Å². The van der Waals surface area contributed by atoms with Crippen LogP contribution >= 0.6 is 11.6 Å². The van der Waals surface area contributed by atoms with Crippen molar-refractivity contribution < 1.29 is 9.53 Å². The standard InChI is InChI=1S/C20H19ClN2O2/c1-14(25-18-9-3-8-17(21)13-18)20(24)23-12-10-16-6-2-5-15-7-4-11-22-19(15)16/h2-9,11,13-14H,10,12H2,1H3,(H,23,24). The van der Waals surface area contributed by atoms with E-state index in [4.69, 9.17) is 16.3 Å². The van der Waals surface area contributed by atoms with Gasteiger partial charge in [-0.3, -0.25) is 9.78 Å². The number of rotatable bonds is 6. The minimum atomic E-state index is -0.593. The van der Waals surface area contributed by atoms with E-state index in [0.29, 0.717) is 23.7 Å². The lowest BCUT2D eigenvalue weighted by Gasteiger charge is -2.15. The van der Waals surface area contributed by atoms with Crippen LogP contribution in [0.2, 0.25) is 5.02 Å². The van der Waals surface area contributed by atoms with Crippen LogP contribution in [-0.4, -0.2) is 23.5 Å². The highest BCUT2D eigenvalue weighted by Gasteiger charge is 2.14. The van der Waals surface area contributed by atoms with Gasteiger partial charge in [0.1, 0.15) is 5.75 Å². The number of nitrogens with zero attached hydrogens (tertiary/aromatic N) is 1. The van der Waals surface area contributed by atoms with E-state index in [0.717, 1.165) is 16.5 Å². The van der Waals surface area contributed by atoms with Crippen LogP contribution in [-0.2, 0) is 11.2 Å². The van der Waals surface area contributed by atoms with Crippen LogP contribution in [0, 0.1) is 0 Å². The molecule has 1 amide bonds. The van der Waals surface area contributed by atoms with Crippen molar-refractivity contribution >= 4 is 28.4 Å². The van der Waals surface area contributed by atoms with Gasteiger partial charge in [-0.1, -0.05) is 41.9 Å². The van der Waals surface area contributed by atoms with E-state index < -0.39 is 6.10 Å². The molecule has 0 fully saturated rings. The van der Waals surface area contributed by atoms with Gasteiger partial charge >= 0.3 is 0 Å². The number of para-hydroxylation sites is 1. The smallest absolute Gasteiger partial charge is 0.260 e. The number of pyridine rings is 1. The van der Waals surface area contributed by atoms with Crippen LogP contribution in [0.15, 0.2) is 60.8 Å². The zero-order valence-corrected chi connectivity index (χ0v) is 14.7. The van der Waals surface area contributed by atoms with Crippen LogP contribution in [0.25, 0.3) is 10.9 Å². The van der Waals surface area contributed by atoms with E-state index in [1.165, 1.54) is 0 Å². The Bertz CT molecular complexity index is 877. The van der Waals surface area contributed by atoms with E-state index in [1.807, 2.05) is 30.3 Å². The third-order valence-corrected chi connectivity index (χ3v) is 4.12. The molecule has 1 N–H and O–H groups in total. The fraction of sp³-hybridized carbons (Fsp3) is 0.200. The molecular weight excluding hydrogens is 336 g/mol. The van der Waals surface area contributed by atoms with Crippen molar-refractivity contribution in [3.8, 4) is 5.75 Å². The quantitative estimate of drug-likeness (QED) is 0.727. The fourth-order valence-electron chi connectivity index (χ4n) is 2.63. The van der Waals surface area contributed by atoms with Gasteiger partial charge in [0.15, 0.2) is 6.10 Å². The van der Waals surface area contributed by atoms with Gasteiger partial charge in [0.25, 0.3) is 5.91 Å². The maximum Gasteiger partial charge on any atom is 0.260 e. The molecule has 0 aliphatic heterocycles. The third kappa shape index (κ3) is 4.48. The van der Waals surface area contributed by atoms with Crippen LogP contribution in [0.4, 0.5) is 0 Å². The Balaban J connectivity index is 1.55. The number of aromatic nitrogens is 1. The van der Waals surface area contributed by atoms with E-state index in [2.05, 4.69) is 10.3 Å². The monoisotopic (exact) mass is 354 g/mol. The highest BCUT2D eigenvalue weighted by molar-refractivity contribution is 6.30. The van der Waals surface area contributed by atoms with Crippen molar-refractivity contribution in [2.45, 2.75) is 19.4 Å². The van der Waals surface area contributed by atoms with E-state index in [9.17, 15) is 4.79 Å². The summed E-state index contributed by atoms with van der Waals surface area (Å²) in [5.74, 6) is 0.418. The predicted molar refractivity (Wildman–Crippen MR) is 100.0 cm³/mol. The first-order valence-electron chi connectivity index (χ1n) is 8.16. The van der Waals surface area contributed by atoms with E-state index in [-0.39, 0.29) is 5.91 Å². The van der Waals surface area contributed by atoms with E-state index in [1.54, 1.807) is 37.4 Å². The largest absolute Gasteiger partial charge is 0.481 e. The average molecular weight is 355 g/mol. The zero-order chi connectivity index (χ0) is 17.6. The lowest BCUT2D eigenvalue weighted by Crippen LogP contribution is -2.37. The number of amides is 1. The Morgan fingerprint density at radius 1 is 1.20 bits per heavy atom. The van der Waals surface area contributed by atoms with Gasteiger partial charge < -0.3 is 10.1 Å². The molecule has 1 aromatic heterocycles. The number of nitrogens with one attached hydrogen (secondary N) is 1. The molecule has 3 rings (SSSR count). The van der Waals surface area contributed by atoms with Crippen LogP contribution in [0.5, 0.6) is 5.75 Å². The SMILES string of the molecule is CC(Oc1cccc(Cl)c1)C(=O)NCCc1cccc2cccnc12. The highest BCUT2D eigenvalue weighted by atomic mass is 35.5. The number of hydrogen-bond acceptors (Lipinski definition) is 3. The van der Waals surface area contributed by atoms with Gasteiger partial charge in [-0.25, -0.2) is 0 Å². The van der Waals surface area contributed by atoms with Crippen molar-refractivity contribution in [3.05, 3.63) is 71.4 Å². The fourth-order valence-corrected chi connectivity index (χ4v) is 2.81. The number of ether oxygens (including phenoxy) is 1. The van der Waals surface area contributed by atoms with Crippen molar-refractivity contribution in [3.63, 3.8) is 0 Å². The van der Waals surface area contributed by atoms with Gasteiger partial charge in [0.05, 0.1) is 5.52 Å². The second kappa shape index (κ2) is 7.99. The first kappa shape index (κ1) is 17.2. The first-order valence-corrected chi connectivity index (χ1v) is 8.54. The summed E-state index contributed by atoms with van der Waals surface area (Å²) in [6, 6.07) is 17.0. The summed E-state index contributed by atoms with van der Waals surface area (Å²) in [6.07, 6.45) is 1.90. The Morgan fingerprint density at radius 2 is 2.00 bits per heavy atom. The summed E-state index contributed by atoms with van der Waals surface area (Å²) in [5.41, 5.74) is 2.09. The van der Waals surface area contributed by atoms with Crippen LogP contribution < -0.4 is 10.1 Å². The molecule has 0 aliphatic carbocycles. The summed E-state index contributed by atoms with van der Waals surface area (Å²) in [7, 11) is 0. The van der Waals surface area contributed by atoms with Crippen LogP contribution in [0.3, 0.4) is 0 Å². The minimum Gasteiger partial charge on any atom is -0.481 e. The Kier molecular flexibility index (Phi) is 5.51. The molecule has 0 spiro atoms. The number of carbonyl (C=O) groups is 1. The number of fused-ring (bicyclic) bond motifs is 1. The molecule has 0 saturated carbocycles. The molecule has 1 heterocycles. The molecule has 1 unspecified atom stereocenters. The molecule has 3 aromatic rings.